The van der Waals surface area contributed by atoms with E-state index in [1.807, 2.05) is 30.3 Å². The van der Waals surface area contributed by atoms with Crippen LogP contribution in [0, 0.1) is 0 Å². The van der Waals surface area contributed by atoms with Crippen molar-refractivity contribution in [1.29, 1.82) is 0 Å². The second-order valence-electron chi connectivity index (χ2n) is 6.28. The van der Waals surface area contributed by atoms with Crippen LogP contribution in [0.3, 0.4) is 0 Å². The van der Waals surface area contributed by atoms with E-state index in [0.29, 0.717) is 19.6 Å². The van der Waals surface area contributed by atoms with Crippen LogP contribution in [-0.4, -0.2) is 83.0 Å². The molecule has 4 amide bonds. The lowest BCUT2D eigenvalue weighted by Gasteiger charge is -2.41. The van der Waals surface area contributed by atoms with Gasteiger partial charge in [-0.05, 0) is 5.56 Å². The van der Waals surface area contributed by atoms with E-state index in [4.69, 9.17) is 0 Å². The van der Waals surface area contributed by atoms with Crippen LogP contribution in [-0.2, 0) is 16.1 Å². The van der Waals surface area contributed by atoms with Crippen LogP contribution in [0.15, 0.2) is 30.3 Å². The summed E-state index contributed by atoms with van der Waals surface area (Å²) in [4.78, 5) is 40.4. The zero-order valence-corrected chi connectivity index (χ0v) is 13.9. The Labute approximate surface area is 146 Å². The summed E-state index contributed by atoms with van der Waals surface area (Å²) in [6.45, 7) is 1.94. The maximum atomic E-state index is 12.5. The van der Waals surface area contributed by atoms with Crippen LogP contribution < -0.4 is 5.32 Å². The van der Waals surface area contributed by atoms with Crippen molar-refractivity contribution >= 4 is 17.8 Å². The summed E-state index contributed by atoms with van der Waals surface area (Å²) in [6.07, 6.45) is 0. The van der Waals surface area contributed by atoms with Gasteiger partial charge in [-0.1, -0.05) is 30.3 Å². The Morgan fingerprint density at radius 2 is 1.96 bits per heavy atom. The van der Waals surface area contributed by atoms with Gasteiger partial charge in [0.05, 0.1) is 19.2 Å². The predicted octanol–water partition coefficient (Wildman–Crippen LogP) is -0.756. The molecular formula is C17H22N4O4. The van der Waals surface area contributed by atoms with Gasteiger partial charge in [-0.3, -0.25) is 19.4 Å². The Kier molecular flexibility index (Phi) is 5.30. The third kappa shape index (κ3) is 3.97. The van der Waals surface area contributed by atoms with E-state index in [0.717, 1.165) is 11.4 Å². The minimum atomic E-state index is -0.540. The summed E-state index contributed by atoms with van der Waals surface area (Å²) < 4.78 is 0. The van der Waals surface area contributed by atoms with Gasteiger partial charge in [0.2, 0.25) is 5.91 Å². The Bertz CT molecular complexity index is 635. The van der Waals surface area contributed by atoms with Gasteiger partial charge in [-0.25, -0.2) is 4.79 Å². The number of urea groups is 1. The average Bonchev–Trinajstić information content (AvgIpc) is 2.94. The van der Waals surface area contributed by atoms with E-state index in [2.05, 4.69) is 10.2 Å². The number of imide groups is 1. The topological polar surface area (TPSA) is 93.2 Å². The van der Waals surface area contributed by atoms with Crippen molar-refractivity contribution in [2.45, 2.75) is 12.6 Å². The molecule has 0 radical (unpaired) electrons. The molecule has 8 nitrogen and oxygen atoms in total. The molecule has 2 heterocycles. The summed E-state index contributed by atoms with van der Waals surface area (Å²) in [5.41, 5.74) is 1.18. The van der Waals surface area contributed by atoms with E-state index in [-0.39, 0.29) is 31.6 Å². The van der Waals surface area contributed by atoms with Crippen molar-refractivity contribution in [2.75, 3.05) is 39.3 Å². The minimum absolute atomic E-state index is 0.0691. The molecule has 2 saturated heterocycles. The molecule has 1 aromatic carbocycles. The van der Waals surface area contributed by atoms with E-state index >= 15 is 0 Å². The minimum Gasteiger partial charge on any atom is -0.394 e. The first-order valence-electron chi connectivity index (χ1n) is 8.33. The molecule has 0 unspecified atom stereocenters. The molecule has 0 saturated carbocycles. The largest absolute Gasteiger partial charge is 0.394 e. The van der Waals surface area contributed by atoms with Crippen LogP contribution in [0.2, 0.25) is 0 Å². The number of benzene rings is 1. The van der Waals surface area contributed by atoms with Crippen LogP contribution >= 0.6 is 0 Å². The maximum absolute atomic E-state index is 12.5. The Morgan fingerprint density at radius 1 is 1.20 bits per heavy atom. The first-order chi connectivity index (χ1) is 12.1. The summed E-state index contributed by atoms with van der Waals surface area (Å²) in [7, 11) is 0. The number of hydrogen-bond donors (Lipinski definition) is 2. The van der Waals surface area contributed by atoms with E-state index in [1.165, 1.54) is 5.56 Å². The lowest BCUT2D eigenvalue weighted by Crippen LogP contribution is -2.58. The number of hydrogen-bond acceptors (Lipinski definition) is 5. The summed E-state index contributed by atoms with van der Waals surface area (Å²) in [6, 6.07) is 9.14. The second kappa shape index (κ2) is 7.62. The van der Waals surface area contributed by atoms with E-state index in [1.54, 1.807) is 4.90 Å². The highest BCUT2D eigenvalue weighted by Gasteiger charge is 2.35. The SMILES string of the molecule is O=C1CNC(=O)N1CC(=O)N1CCN(Cc2ccccc2)C[C@@H]1CO. The third-order valence-corrected chi connectivity index (χ3v) is 4.58. The number of nitrogens with one attached hydrogen (secondary N) is 1. The number of aliphatic hydroxyl groups excluding tert-OH is 1. The molecule has 0 spiro atoms. The number of carbonyl (C=O) groups excluding carboxylic acids is 3. The van der Waals surface area contributed by atoms with Crippen molar-refractivity contribution in [1.82, 2.24) is 20.0 Å². The number of aliphatic hydroxyl groups is 1. The number of nitrogens with zero attached hydrogens (tertiary/aromatic N) is 3. The van der Waals surface area contributed by atoms with Gasteiger partial charge in [0.1, 0.15) is 6.54 Å². The Hall–Kier alpha value is -2.45. The zero-order valence-electron chi connectivity index (χ0n) is 13.9. The van der Waals surface area contributed by atoms with E-state index < -0.39 is 11.9 Å². The Balaban J connectivity index is 1.59. The zero-order chi connectivity index (χ0) is 17.8. The number of piperazine rings is 1. The molecule has 8 heteroatoms. The van der Waals surface area contributed by atoms with Crippen LogP contribution in [0.4, 0.5) is 4.79 Å². The van der Waals surface area contributed by atoms with Gasteiger partial charge in [0.25, 0.3) is 5.91 Å². The number of rotatable bonds is 5. The van der Waals surface area contributed by atoms with Gasteiger partial charge in [-0.2, -0.15) is 0 Å². The first-order valence-corrected chi connectivity index (χ1v) is 8.33. The summed E-state index contributed by atoms with van der Waals surface area (Å²) in [5, 5.41) is 12.1. The average molecular weight is 346 g/mol. The normalized spacial score (nSPS) is 21.6. The highest BCUT2D eigenvalue weighted by molar-refractivity contribution is 6.04. The van der Waals surface area contributed by atoms with Crippen molar-refractivity contribution < 1.29 is 19.5 Å². The molecule has 1 aromatic rings. The fourth-order valence-corrected chi connectivity index (χ4v) is 3.23. The maximum Gasteiger partial charge on any atom is 0.325 e. The first kappa shape index (κ1) is 17.4. The molecule has 134 valence electrons. The van der Waals surface area contributed by atoms with Crippen molar-refractivity contribution in [3.05, 3.63) is 35.9 Å². The molecule has 1 atom stereocenters. The summed E-state index contributed by atoms with van der Waals surface area (Å²) in [5.74, 6) is -0.717. The molecule has 2 N–H and O–H groups in total. The second-order valence-corrected chi connectivity index (χ2v) is 6.28. The smallest absolute Gasteiger partial charge is 0.325 e. The van der Waals surface area contributed by atoms with Crippen LogP contribution in [0.5, 0.6) is 0 Å². The van der Waals surface area contributed by atoms with Crippen molar-refractivity contribution in [2.24, 2.45) is 0 Å². The Morgan fingerprint density at radius 3 is 2.60 bits per heavy atom. The molecule has 0 aromatic heterocycles. The molecule has 0 bridgehead atoms. The predicted molar refractivity (Wildman–Crippen MR) is 89.4 cm³/mol. The number of amides is 4. The quantitative estimate of drug-likeness (QED) is 0.684. The molecule has 2 aliphatic rings. The molecule has 3 rings (SSSR count). The van der Waals surface area contributed by atoms with Gasteiger partial charge in [0.15, 0.2) is 0 Å². The highest BCUT2D eigenvalue weighted by atomic mass is 16.3. The fourth-order valence-electron chi connectivity index (χ4n) is 3.23. The molecule has 0 aliphatic carbocycles. The van der Waals surface area contributed by atoms with Crippen LogP contribution in [0.25, 0.3) is 0 Å². The summed E-state index contributed by atoms with van der Waals surface area (Å²) >= 11 is 0. The standard InChI is InChI=1S/C17H22N4O4/c22-12-14-10-19(9-13-4-2-1-3-5-13)6-7-20(14)16(24)11-21-15(23)8-18-17(21)25/h1-5,14,22H,6-12H2,(H,18,25)/t14-/m1/s1. The van der Waals surface area contributed by atoms with Crippen molar-refractivity contribution in [3.63, 3.8) is 0 Å². The fraction of sp³-hybridized carbons (Fsp3) is 0.471. The van der Waals surface area contributed by atoms with Gasteiger partial charge < -0.3 is 15.3 Å². The van der Waals surface area contributed by atoms with E-state index in [9.17, 15) is 19.5 Å². The lowest BCUT2D eigenvalue weighted by molar-refractivity contribution is -0.141. The molecule has 25 heavy (non-hydrogen) atoms. The van der Waals surface area contributed by atoms with Crippen LogP contribution in [0.1, 0.15) is 5.56 Å². The van der Waals surface area contributed by atoms with Crippen molar-refractivity contribution in [3.8, 4) is 0 Å². The third-order valence-electron chi connectivity index (χ3n) is 4.58. The molecule has 2 fully saturated rings. The molecular weight excluding hydrogens is 324 g/mol. The molecule has 2 aliphatic heterocycles. The lowest BCUT2D eigenvalue weighted by atomic mass is 10.1. The van der Waals surface area contributed by atoms with Gasteiger partial charge in [0, 0.05) is 26.2 Å². The highest BCUT2D eigenvalue weighted by Crippen LogP contribution is 2.14. The van der Waals surface area contributed by atoms with Gasteiger partial charge in [-0.15, -0.1) is 0 Å². The number of carbonyl (C=O) groups is 3. The monoisotopic (exact) mass is 346 g/mol. The van der Waals surface area contributed by atoms with Gasteiger partial charge >= 0.3 is 6.03 Å².